The van der Waals surface area contributed by atoms with Gasteiger partial charge in [-0.05, 0) is 31.6 Å². The Labute approximate surface area is 108 Å². The van der Waals surface area contributed by atoms with E-state index in [1.807, 2.05) is 0 Å². The topological polar surface area (TPSA) is 70.2 Å². The Morgan fingerprint density at radius 1 is 1.17 bits per heavy atom. The first kappa shape index (κ1) is 13.3. The molecule has 2 aliphatic rings. The summed E-state index contributed by atoms with van der Waals surface area (Å²) in [6.45, 7) is 0.441. The molecule has 2 heterocycles. The Morgan fingerprint density at radius 2 is 1.83 bits per heavy atom. The minimum absolute atomic E-state index is 0.0322. The monoisotopic (exact) mass is 253 g/mol. The highest BCUT2D eigenvalue weighted by Crippen LogP contribution is 2.32. The number of carbonyl (C=O) groups excluding carboxylic acids is 2. The Balaban J connectivity index is 1.63. The third-order valence-corrected chi connectivity index (χ3v) is 4.00. The molecule has 102 valence electrons. The zero-order chi connectivity index (χ0) is 13.0. The molecule has 5 nitrogen and oxygen atoms in total. The molecule has 2 rings (SSSR count). The molecule has 2 bridgehead atoms. The van der Waals surface area contributed by atoms with Crippen LogP contribution in [0.3, 0.4) is 0 Å². The van der Waals surface area contributed by atoms with Crippen LogP contribution in [0, 0.1) is 5.92 Å². The van der Waals surface area contributed by atoms with Gasteiger partial charge in [0.2, 0.25) is 11.8 Å². The number of piperidine rings is 1. The van der Waals surface area contributed by atoms with Crippen LogP contribution in [0.2, 0.25) is 0 Å². The van der Waals surface area contributed by atoms with Gasteiger partial charge in [-0.25, -0.2) is 0 Å². The van der Waals surface area contributed by atoms with E-state index in [1.165, 1.54) is 12.8 Å². The summed E-state index contributed by atoms with van der Waals surface area (Å²) >= 11 is 0. The van der Waals surface area contributed by atoms with Gasteiger partial charge in [0.05, 0.1) is 0 Å². The molecule has 2 fully saturated rings. The van der Waals surface area contributed by atoms with E-state index in [-0.39, 0.29) is 11.8 Å². The van der Waals surface area contributed by atoms with Crippen molar-refractivity contribution in [3.05, 3.63) is 0 Å². The zero-order valence-corrected chi connectivity index (χ0v) is 11.0. The Bertz CT molecular complexity index is 307. The molecule has 0 saturated carbocycles. The van der Waals surface area contributed by atoms with Gasteiger partial charge in [0.15, 0.2) is 0 Å². The van der Waals surface area contributed by atoms with E-state index >= 15 is 0 Å². The number of hydrogen-bond donors (Lipinski definition) is 3. The predicted molar refractivity (Wildman–Crippen MR) is 69.0 cm³/mol. The SMILES string of the molecule is CNC(=O)CCNC(=O)CC1CC2CCC(C1)N2. The second kappa shape index (κ2) is 6.18. The maximum atomic E-state index is 11.8. The van der Waals surface area contributed by atoms with Crippen molar-refractivity contribution in [3.8, 4) is 0 Å². The van der Waals surface area contributed by atoms with E-state index in [0.29, 0.717) is 37.4 Å². The maximum absolute atomic E-state index is 11.8. The molecule has 3 N–H and O–H groups in total. The highest BCUT2D eigenvalue weighted by molar-refractivity contribution is 5.78. The minimum atomic E-state index is -0.0322. The smallest absolute Gasteiger partial charge is 0.221 e. The van der Waals surface area contributed by atoms with Crippen LogP contribution in [0.4, 0.5) is 0 Å². The Kier molecular flexibility index (Phi) is 4.58. The van der Waals surface area contributed by atoms with Gasteiger partial charge in [-0.3, -0.25) is 9.59 Å². The summed E-state index contributed by atoms with van der Waals surface area (Å²) in [5.74, 6) is 0.573. The van der Waals surface area contributed by atoms with E-state index < -0.39 is 0 Å². The van der Waals surface area contributed by atoms with Gasteiger partial charge in [-0.1, -0.05) is 0 Å². The number of fused-ring (bicyclic) bond motifs is 2. The number of nitrogens with one attached hydrogen (secondary N) is 3. The molecule has 5 heteroatoms. The highest BCUT2D eigenvalue weighted by Gasteiger charge is 2.33. The van der Waals surface area contributed by atoms with Crippen molar-refractivity contribution in [2.24, 2.45) is 5.92 Å². The molecule has 0 aromatic rings. The average molecular weight is 253 g/mol. The van der Waals surface area contributed by atoms with Gasteiger partial charge in [-0.2, -0.15) is 0 Å². The Hall–Kier alpha value is -1.10. The summed E-state index contributed by atoms with van der Waals surface area (Å²) in [4.78, 5) is 22.8. The van der Waals surface area contributed by atoms with E-state index in [9.17, 15) is 9.59 Å². The number of amides is 2. The molecule has 0 spiro atoms. The molecule has 0 radical (unpaired) electrons. The second-order valence-electron chi connectivity index (χ2n) is 5.45. The Morgan fingerprint density at radius 3 is 2.44 bits per heavy atom. The van der Waals surface area contributed by atoms with Crippen LogP contribution in [0.15, 0.2) is 0 Å². The second-order valence-corrected chi connectivity index (χ2v) is 5.45. The molecule has 2 saturated heterocycles. The molecule has 0 aliphatic carbocycles. The summed E-state index contributed by atoms with van der Waals surface area (Å²) < 4.78 is 0. The fourth-order valence-corrected chi connectivity index (χ4v) is 3.12. The average Bonchev–Trinajstić information content (AvgIpc) is 2.68. The van der Waals surface area contributed by atoms with Gasteiger partial charge in [-0.15, -0.1) is 0 Å². The van der Waals surface area contributed by atoms with Crippen molar-refractivity contribution in [1.29, 1.82) is 0 Å². The van der Waals surface area contributed by atoms with Crippen LogP contribution in [0.1, 0.15) is 38.5 Å². The summed E-state index contributed by atoms with van der Waals surface area (Å²) in [7, 11) is 1.61. The first-order valence-corrected chi connectivity index (χ1v) is 6.90. The maximum Gasteiger partial charge on any atom is 0.221 e. The van der Waals surface area contributed by atoms with Crippen LogP contribution >= 0.6 is 0 Å². The predicted octanol–water partition coefficient (Wildman–Crippen LogP) is 0.159. The fourth-order valence-electron chi connectivity index (χ4n) is 3.12. The zero-order valence-electron chi connectivity index (χ0n) is 11.0. The lowest BCUT2D eigenvalue weighted by molar-refractivity contribution is -0.122. The standard InChI is InChI=1S/C13H23N3O2/c1-14-12(17)4-5-15-13(18)8-9-6-10-2-3-11(7-9)16-10/h9-11,16H,2-8H2,1H3,(H,14,17)(H,15,18). The summed E-state index contributed by atoms with van der Waals surface area (Å²) in [5.41, 5.74) is 0. The van der Waals surface area contributed by atoms with Gasteiger partial charge in [0.25, 0.3) is 0 Å². The third kappa shape index (κ3) is 3.70. The van der Waals surface area contributed by atoms with Crippen LogP contribution in [-0.2, 0) is 9.59 Å². The van der Waals surface area contributed by atoms with Gasteiger partial charge < -0.3 is 16.0 Å². The van der Waals surface area contributed by atoms with E-state index in [4.69, 9.17) is 0 Å². The number of rotatable bonds is 5. The van der Waals surface area contributed by atoms with Crippen molar-refractivity contribution in [2.75, 3.05) is 13.6 Å². The molecule has 0 aromatic heterocycles. The fraction of sp³-hybridized carbons (Fsp3) is 0.846. The molecule has 2 aliphatic heterocycles. The van der Waals surface area contributed by atoms with E-state index in [2.05, 4.69) is 16.0 Å². The summed E-state index contributed by atoms with van der Waals surface area (Å²) in [6.07, 6.45) is 5.75. The van der Waals surface area contributed by atoms with Crippen molar-refractivity contribution in [3.63, 3.8) is 0 Å². The molecule has 18 heavy (non-hydrogen) atoms. The summed E-state index contributed by atoms with van der Waals surface area (Å²) in [5, 5.41) is 8.94. The van der Waals surface area contributed by atoms with Crippen LogP contribution < -0.4 is 16.0 Å². The quantitative estimate of drug-likeness (QED) is 0.653. The van der Waals surface area contributed by atoms with E-state index in [1.54, 1.807) is 7.05 Å². The van der Waals surface area contributed by atoms with Crippen molar-refractivity contribution < 1.29 is 9.59 Å². The lowest BCUT2D eigenvalue weighted by Crippen LogP contribution is -2.40. The largest absolute Gasteiger partial charge is 0.359 e. The van der Waals surface area contributed by atoms with Crippen LogP contribution in [0.25, 0.3) is 0 Å². The van der Waals surface area contributed by atoms with Crippen molar-refractivity contribution in [1.82, 2.24) is 16.0 Å². The van der Waals surface area contributed by atoms with Gasteiger partial charge >= 0.3 is 0 Å². The molecule has 2 amide bonds. The van der Waals surface area contributed by atoms with Crippen molar-refractivity contribution >= 4 is 11.8 Å². The van der Waals surface area contributed by atoms with Crippen LogP contribution in [-0.4, -0.2) is 37.5 Å². The molecule has 2 atom stereocenters. The highest BCUT2D eigenvalue weighted by atomic mass is 16.2. The summed E-state index contributed by atoms with van der Waals surface area (Å²) in [6, 6.07) is 1.26. The molecule has 2 unspecified atom stereocenters. The normalized spacial score (nSPS) is 29.9. The van der Waals surface area contributed by atoms with Gasteiger partial charge in [0, 0.05) is 38.5 Å². The van der Waals surface area contributed by atoms with Crippen LogP contribution in [0.5, 0.6) is 0 Å². The minimum Gasteiger partial charge on any atom is -0.359 e. The lowest BCUT2D eigenvalue weighted by atomic mass is 9.89. The lowest BCUT2D eigenvalue weighted by Gasteiger charge is -2.28. The number of carbonyl (C=O) groups is 2. The van der Waals surface area contributed by atoms with Crippen molar-refractivity contribution in [2.45, 2.75) is 50.6 Å². The van der Waals surface area contributed by atoms with E-state index in [0.717, 1.165) is 12.8 Å². The third-order valence-electron chi connectivity index (χ3n) is 4.00. The number of hydrogen-bond acceptors (Lipinski definition) is 3. The van der Waals surface area contributed by atoms with Gasteiger partial charge in [0.1, 0.15) is 0 Å². The molecular weight excluding hydrogens is 230 g/mol. The molecular formula is C13H23N3O2. The molecule has 0 aromatic carbocycles. The first-order valence-electron chi connectivity index (χ1n) is 6.90. The first-order chi connectivity index (χ1) is 8.67.